The van der Waals surface area contributed by atoms with Crippen molar-refractivity contribution in [2.75, 3.05) is 13.7 Å². The highest BCUT2D eigenvalue weighted by Crippen LogP contribution is 2.34. The minimum Gasteiger partial charge on any atom is -0.497 e. The van der Waals surface area contributed by atoms with E-state index >= 15 is 0 Å². The molecule has 2 unspecified atom stereocenters. The van der Waals surface area contributed by atoms with Gasteiger partial charge in [-0.25, -0.2) is 0 Å². The summed E-state index contributed by atoms with van der Waals surface area (Å²) in [5.74, 6) is 0.746. The number of carbonyl (C=O) groups is 1. The third-order valence-electron chi connectivity index (χ3n) is 3.49. The smallest absolute Gasteiger partial charge is 0.249 e. The zero-order chi connectivity index (χ0) is 13.2. The molecule has 1 amide bonds. The normalized spacial score (nSPS) is 27.7. The summed E-state index contributed by atoms with van der Waals surface area (Å²) in [4.78, 5) is 11.5. The molecule has 1 aliphatic rings. The number of morpholine rings is 1. The Morgan fingerprint density at radius 2 is 2.33 bits per heavy atom. The third kappa shape index (κ3) is 2.20. The highest BCUT2D eigenvalue weighted by atomic mass is 16.5. The Morgan fingerprint density at radius 1 is 1.56 bits per heavy atom. The Hall–Kier alpha value is -1.55. The molecule has 1 heterocycles. The van der Waals surface area contributed by atoms with Crippen LogP contribution in [0.5, 0.6) is 5.75 Å². The van der Waals surface area contributed by atoms with E-state index in [2.05, 4.69) is 12.2 Å². The summed E-state index contributed by atoms with van der Waals surface area (Å²) in [7, 11) is 1.64. The molecule has 1 N–H and O–H groups in total. The van der Waals surface area contributed by atoms with Gasteiger partial charge in [0.15, 0.2) is 0 Å². The minimum atomic E-state index is -0.456. The number of amides is 1. The van der Waals surface area contributed by atoms with Gasteiger partial charge >= 0.3 is 0 Å². The van der Waals surface area contributed by atoms with Gasteiger partial charge < -0.3 is 14.8 Å². The van der Waals surface area contributed by atoms with Crippen LogP contribution in [0.25, 0.3) is 0 Å². The van der Waals surface area contributed by atoms with Crippen molar-refractivity contribution in [3.05, 3.63) is 29.8 Å². The fourth-order valence-corrected chi connectivity index (χ4v) is 2.30. The highest BCUT2D eigenvalue weighted by molar-refractivity contribution is 5.81. The first-order valence-corrected chi connectivity index (χ1v) is 6.21. The molecule has 2 atom stereocenters. The van der Waals surface area contributed by atoms with Gasteiger partial charge in [0.2, 0.25) is 5.91 Å². The second-order valence-electron chi connectivity index (χ2n) is 4.56. The van der Waals surface area contributed by atoms with Gasteiger partial charge in [-0.15, -0.1) is 0 Å². The second kappa shape index (κ2) is 4.98. The molecule has 1 saturated heterocycles. The molecule has 0 aromatic heterocycles. The van der Waals surface area contributed by atoms with E-state index in [1.54, 1.807) is 14.0 Å². The maximum atomic E-state index is 11.5. The predicted molar refractivity (Wildman–Crippen MR) is 68.5 cm³/mol. The lowest BCUT2D eigenvalue weighted by Gasteiger charge is -2.40. The predicted octanol–water partition coefficient (Wildman–Crippen LogP) is 1.84. The summed E-state index contributed by atoms with van der Waals surface area (Å²) < 4.78 is 11.2. The molecular formula is C14H19NO3. The van der Waals surface area contributed by atoms with Gasteiger partial charge in [-0.3, -0.25) is 4.79 Å². The van der Waals surface area contributed by atoms with E-state index in [9.17, 15) is 4.79 Å². The zero-order valence-corrected chi connectivity index (χ0v) is 11.0. The van der Waals surface area contributed by atoms with Crippen LogP contribution in [0.2, 0.25) is 0 Å². The molecule has 18 heavy (non-hydrogen) atoms. The number of carbonyl (C=O) groups excluding carboxylic acids is 1. The Labute approximate surface area is 107 Å². The zero-order valence-electron chi connectivity index (χ0n) is 11.0. The van der Waals surface area contributed by atoms with Crippen LogP contribution < -0.4 is 10.1 Å². The molecule has 0 saturated carbocycles. The number of ether oxygens (including phenoxy) is 2. The van der Waals surface area contributed by atoms with E-state index in [1.165, 1.54) is 0 Å². The topological polar surface area (TPSA) is 47.6 Å². The molecule has 1 aromatic carbocycles. The molecule has 0 bridgehead atoms. The Morgan fingerprint density at radius 3 is 2.94 bits per heavy atom. The summed E-state index contributed by atoms with van der Waals surface area (Å²) in [6.45, 7) is 4.34. The molecule has 4 nitrogen and oxygen atoms in total. The molecule has 1 aliphatic heterocycles. The van der Waals surface area contributed by atoms with Crippen LogP contribution in [0.1, 0.15) is 25.8 Å². The molecule has 4 heteroatoms. The minimum absolute atomic E-state index is 0.0537. The number of hydrogen-bond acceptors (Lipinski definition) is 3. The molecule has 0 aliphatic carbocycles. The summed E-state index contributed by atoms with van der Waals surface area (Å²) >= 11 is 0. The van der Waals surface area contributed by atoms with Crippen molar-refractivity contribution in [3.8, 4) is 5.75 Å². The first kappa shape index (κ1) is 12.9. The van der Waals surface area contributed by atoms with Crippen LogP contribution in [0.3, 0.4) is 0 Å². The molecule has 1 fully saturated rings. The van der Waals surface area contributed by atoms with Gasteiger partial charge in [-0.2, -0.15) is 0 Å². The number of benzene rings is 1. The maximum Gasteiger partial charge on any atom is 0.249 e. The van der Waals surface area contributed by atoms with Crippen molar-refractivity contribution in [1.82, 2.24) is 5.32 Å². The van der Waals surface area contributed by atoms with Crippen molar-refractivity contribution in [3.63, 3.8) is 0 Å². The van der Waals surface area contributed by atoms with E-state index in [4.69, 9.17) is 9.47 Å². The lowest BCUT2D eigenvalue weighted by Crippen LogP contribution is -2.54. The highest BCUT2D eigenvalue weighted by Gasteiger charge is 2.39. The Kier molecular flexibility index (Phi) is 3.57. The van der Waals surface area contributed by atoms with Gasteiger partial charge in [-0.05, 0) is 31.0 Å². The van der Waals surface area contributed by atoms with E-state index < -0.39 is 11.7 Å². The van der Waals surface area contributed by atoms with E-state index in [0.29, 0.717) is 6.54 Å². The van der Waals surface area contributed by atoms with Crippen LogP contribution in [0, 0.1) is 0 Å². The fraction of sp³-hybridized carbons (Fsp3) is 0.500. The fourth-order valence-electron chi connectivity index (χ4n) is 2.30. The molecule has 0 radical (unpaired) electrons. The Balaban J connectivity index is 2.34. The Bertz CT molecular complexity index is 446. The van der Waals surface area contributed by atoms with Crippen LogP contribution in [0.4, 0.5) is 0 Å². The molecular weight excluding hydrogens is 230 g/mol. The van der Waals surface area contributed by atoms with Crippen molar-refractivity contribution < 1.29 is 14.3 Å². The first-order chi connectivity index (χ1) is 8.61. The molecule has 1 aromatic rings. The van der Waals surface area contributed by atoms with Crippen molar-refractivity contribution in [2.24, 2.45) is 0 Å². The second-order valence-corrected chi connectivity index (χ2v) is 4.56. The van der Waals surface area contributed by atoms with Crippen molar-refractivity contribution in [1.29, 1.82) is 0 Å². The summed E-state index contributed by atoms with van der Waals surface area (Å²) in [6, 6.07) is 7.82. The lowest BCUT2D eigenvalue weighted by atomic mass is 9.89. The van der Waals surface area contributed by atoms with Crippen LogP contribution in [-0.2, 0) is 15.1 Å². The van der Waals surface area contributed by atoms with Crippen molar-refractivity contribution >= 4 is 5.91 Å². The van der Waals surface area contributed by atoms with Crippen LogP contribution >= 0.6 is 0 Å². The van der Waals surface area contributed by atoms with E-state index in [0.717, 1.165) is 17.7 Å². The summed E-state index contributed by atoms with van der Waals surface area (Å²) in [6.07, 6.45) is 0.370. The summed E-state index contributed by atoms with van der Waals surface area (Å²) in [5.41, 5.74) is 0.582. The van der Waals surface area contributed by atoms with Crippen molar-refractivity contribution in [2.45, 2.75) is 32.0 Å². The molecule has 98 valence electrons. The van der Waals surface area contributed by atoms with Gasteiger partial charge in [0.05, 0.1) is 13.7 Å². The van der Waals surface area contributed by atoms with Crippen LogP contribution in [-0.4, -0.2) is 25.7 Å². The SMILES string of the molecule is CCC1(c2cccc(OC)c2)CNC(=O)C(C)O1. The van der Waals surface area contributed by atoms with Gasteiger partial charge in [0.1, 0.15) is 17.5 Å². The quantitative estimate of drug-likeness (QED) is 0.889. The number of nitrogens with one attached hydrogen (secondary N) is 1. The average Bonchev–Trinajstić information content (AvgIpc) is 2.42. The number of hydrogen-bond donors (Lipinski definition) is 1. The third-order valence-corrected chi connectivity index (χ3v) is 3.49. The monoisotopic (exact) mass is 249 g/mol. The number of methoxy groups -OCH3 is 1. The van der Waals surface area contributed by atoms with Gasteiger partial charge in [-0.1, -0.05) is 19.1 Å². The average molecular weight is 249 g/mol. The van der Waals surface area contributed by atoms with E-state index in [-0.39, 0.29) is 5.91 Å². The molecule has 2 rings (SSSR count). The van der Waals surface area contributed by atoms with Gasteiger partial charge in [0, 0.05) is 0 Å². The largest absolute Gasteiger partial charge is 0.497 e. The van der Waals surface area contributed by atoms with E-state index in [1.807, 2.05) is 24.3 Å². The maximum absolute atomic E-state index is 11.5. The lowest BCUT2D eigenvalue weighted by molar-refractivity contribution is -0.161. The van der Waals surface area contributed by atoms with Crippen LogP contribution in [0.15, 0.2) is 24.3 Å². The molecule has 0 spiro atoms. The number of rotatable bonds is 3. The van der Waals surface area contributed by atoms with Gasteiger partial charge in [0.25, 0.3) is 0 Å². The summed E-state index contributed by atoms with van der Waals surface area (Å²) in [5, 5.41) is 2.90. The standard InChI is InChI=1S/C14H19NO3/c1-4-14(9-15-13(16)10(2)18-14)11-6-5-7-12(8-11)17-3/h5-8,10H,4,9H2,1-3H3,(H,15,16). The first-order valence-electron chi connectivity index (χ1n) is 6.21.